The van der Waals surface area contributed by atoms with Crippen LogP contribution in [0.25, 0.3) is 22.2 Å². The lowest BCUT2D eigenvalue weighted by Crippen LogP contribution is -2.13. The molecule has 0 spiro atoms. The molecule has 116 valence electrons. The molecule has 0 bridgehead atoms. The van der Waals surface area contributed by atoms with Crippen molar-refractivity contribution in [1.82, 2.24) is 15.0 Å². The van der Waals surface area contributed by atoms with Gasteiger partial charge in [-0.25, -0.2) is 9.97 Å². The van der Waals surface area contributed by atoms with Crippen LogP contribution < -0.4 is 5.32 Å². The van der Waals surface area contributed by atoms with Crippen molar-refractivity contribution in [1.29, 1.82) is 0 Å². The van der Waals surface area contributed by atoms with E-state index in [1.807, 2.05) is 30.5 Å². The van der Waals surface area contributed by atoms with Crippen LogP contribution in [0.1, 0.15) is 17.2 Å². The van der Waals surface area contributed by atoms with E-state index in [4.69, 9.17) is 0 Å². The van der Waals surface area contributed by atoms with Crippen LogP contribution in [-0.4, -0.2) is 15.0 Å². The summed E-state index contributed by atoms with van der Waals surface area (Å²) in [5, 5.41) is 4.50. The summed E-state index contributed by atoms with van der Waals surface area (Å²) in [7, 11) is 0. The highest BCUT2D eigenvalue weighted by molar-refractivity contribution is 6.01. The van der Waals surface area contributed by atoms with Crippen LogP contribution in [0.4, 0.5) is 10.1 Å². The van der Waals surface area contributed by atoms with E-state index in [9.17, 15) is 4.39 Å². The van der Waals surface area contributed by atoms with Gasteiger partial charge in [-0.05, 0) is 23.8 Å². The molecular formula is C19H13FN4. The summed E-state index contributed by atoms with van der Waals surface area (Å²) in [5.74, 6) is -0.464. The lowest BCUT2D eigenvalue weighted by atomic mass is 9.98. The first-order valence-corrected chi connectivity index (χ1v) is 7.75. The van der Waals surface area contributed by atoms with Gasteiger partial charge in [-0.3, -0.25) is 0 Å². The van der Waals surface area contributed by atoms with Gasteiger partial charge >= 0.3 is 0 Å². The smallest absolute Gasteiger partial charge is 0.218 e. The Labute approximate surface area is 137 Å². The van der Waals surface area contributed by atoms with Crippen LogP contribution in [0.2, 0.25) is 0 Å². The predicted octanol–water partition coefficient (Wildman–Crippen LogP) is 4.28. The standard InChI is InChI=1S/C19H13FN4/c20-18-13(5-3-8-21-18)17-14-10-23-19-16(14)12(7-9-22-19)11-4-1-2-6-15(11)24-17/h1-10,17,24H,(H,22,23). The summed E-state index contributed by atoms with van der Waals surface area (Å²) in [4.78, 5) is 11.4. The molecule has 4 nitrogen and oxygen atoms in total. The largest absolute Gasteiger partial charge is 0.373 e. The average molecular weight is 316 g/mol. The molecule has 2 N–H and O–H groups in total. The van der Waals surface area contributed by atoms with Crippen molar-refractivity contribution >= 4 is 16.7 Å². The quantitative estimate of drug-likeness (QED) is 0.515. The first-order chi connectivity index (χ1) is 11.8. The van der Waals surface area contributed by atoms with Gasteiger partial charge in [0.2, 0.25) is 5.95 Å². The summed E-state index contributed by atoms with van der Waals surface area (Å²) < 4.78 is 14.4. The minimum Gasteiger partial charge on any atom is -0.373 e. The van der Waals surface area contributed by atoms with Crippen molar-refractivity contribution in [2.24, 2.45) is 0 Å². The number of nitrogens with zero attached hydrogens (tertiary/aromatic N) is 2. The summed E-state index contributed by atoms with van der Waals surface area (Å²) >= 11 is 0. The lowest BCUT2D eigenvalue weighted by Gasteiger charge is -2.19. The Morgan fingerprint density at radius 1 is 0.875 bits per heavy atom. The number of nitrogens with one attached hydrogen (secondary N) is 2. The number of pyridine rings is 2. The maximum Gasteiger partial charge on any atom is 0.218 e. The average Bonchev–Trinajstić information content (AvgIpc) is 2.98. The van der Waals surface area contributed by atoms with Crippen molar-refractivity contribution < 1.29 is 4.39 Å². The van der Waals surface area contributed by atoms with E-state index in [2.05, 4.69) is 26.3 Å². The van der Waals surface area contributed by atoms with E-state index in [1.165, 1.54) is 6.20 Å². The Morgan fingerprint density at radius 2 is 1.79 bits per heavy atom. The fourth-order valence-corrected chi connectivity index (χ4v) is 3.47. The summed E-state index contributed by atoms with van der Waals surface area (Å²) in [5.41, 5.74) is 5.43. The van der Waals surface area contributed by atoms with Gasteiger partial charge in [0.05, 0.1) is 6.04 Å². The predicted molar refractivity (Wildman–Crippen MR) is 91.2 cm³/mol. The first-order valence-electron chi connectivity index (χ1n) is 7.75. The number of aromatic nitrogens is 3. The SMILES string of the molecule is Fc1ncccc1C1Nc2ccccc2-c2ccnc3[nH]cc1c23. The first kappa shape index (κ1) is 13.2. The molecule has 0 saturated carbocycles. The maximum atomic E-state index is 14.4. The Hall–Kier alpha value is -3.21. The second-order valence-corrected chi connectivity index (χ2v) is 5.83. The second-order valence-electron chi connectivity index (χ2n) is 5.83. The number of anilines is 1. The number of H-pyrrole nitrogens is 1. The zero-order valence-electron chi connectivity index (χ0n) is 12.6. The van der Waals surface area contributed by atoms with Gasteiger partial charge in [-0.2, -0.15) is 4.39 Å². The summed E-state index contributed by atoms with van der Waals surface area (Å²) in [6, 6.07) is 13.2. The van der Waals surface area contributed by atoms with Gasteiger partial charge in [-0.1, -0.05) is 24.3 Å². The van der Waals surface area contributed by atoms with Gasteiger partial charge in [0.25, 0.3) is 0 Å². The van der Waals surface area contributed by atoms with Crippen molar-refractivity contribution in [3.8, 4) is 11.1 Å². The third kappa shape index (κ3) is 1.78. The van der Waals surface area contributed by atoms with E-state index in [0.717, 1.165) is 33.4 Å². The number of hydrogen-bond acceptors (Lipinski definition) is 3. The van der Waals surface area contributed by atoms with Crippen LogP contribution >= 0.6 is 0 Å². The van der Waals surface area contributed by atoms with Crippen molar-refractivity contribution in [2.75, 3.05) is 5.32 Å². The van der Waals surface area contributed by atoms with Gasteiger partial charge < -0.3 is 10.3 Å². The fraction of sp³-hybridized carbons (Fsp3) is 0.0526. The van der Waals surface area contributed by atoms with Crippen molar-refractivity contribution in [2.45, 2.75) is 6.04 Å². The number of aromatic amines is 1. The molecule has 4 aromatic rings. The van der Waals surface area contributed by atoms with E-state index < -0.39 is 5.95 Å². The zero-order chi connectivity index (χ0) is 16.1. The molecule has 1 aliphatic rings. The minimum atomic E-state index is -0.464. The second kappa shape index (κ2) is 4.89. The molecule has 0 aliphatic carbocycles. The molecule has 0 radical (unpaired) electrons. The molecule has 24 heavy (non-hydrogen) atoms. The lowest BCUT2D eigenvalue weighted by molar-refractivity contribution is 0.562. The highest BCUT2D eigenvalue weighted by Crippen LogP contribution is 2.43. The zero-order valence-corrected chi connectivity index (χ0v) is 12.6. The highest BCUT2D eigenvalue weighted by atomic mass is 19.1. The van der Waals surface area contributed by atoms with Crippen molar-refractivity contribution in [3.63, 3.8) is 0 Å². The number of para-hydroxylation sites is 1. The molecule has 1 aromatic carbocycles. The van der Waals surface area contributed by atoms with E-state index in [0.29, 0.717) is 5.56 Å². The van der Waals surface area contributed by atoms with Crippen LogP contribution in [0.15, 0.2) is 61.1 Å². The van der Waals surface area contributed by atoms with Gasteiger partial charge in [-0.15, -0.1) is 0 Å². The number of rotatable bonds is 1. The highest BCUT2D eigenvalue weighted by Gasteiger charge is 2.27. The van der Waals surface area contributed by atoms with Gasteiger partial charge in [0.15, 0.2) is 0 Å². The molecule has 5 rings (SSSR count). The van der Waals surface area contributed by atoms with E-state index >= 15 is 0 Å². The topological polar surface area (TPSA) is 53.6 Å². The Kier molecular flexibility index (Phi) is 2.70. The van der Waals surface area contributed by atoms with Gasteiger partial charge in [0, 0.05) is 46.4 Å². The summed E-state index contributed by atoms with van der Waals surface area (Å²) in [6.45, 7) is 0. The Balaban J connectivity index is 1.87. The molecule has 1 atom stereocenters. The molecule has 1 aliphatic heterocycles. The number of hydrogen-bond donors (Lipinski definition) is 2. The fourth-order valence-electron chi connectivity index (χ4n) is 3.47. The molecule has 5 heteroatoms. The molecule has 0 fully saturated rings. The molecule has 0 saturated heterocycles. The van der Waals surface area contributed by atoms with Crippen LogP contribution in [0.5, 0.6) is 0 Å². The molecule has 0 amide bonds. The molecule has 4 heterocycles. The van der Waals surface area contributed by atoms with E-state index in [1.54, 1.807) is 18.3 Å². The Bertz CT molecular complexity index is 1070. The van der Waals surface area contributed by atoms with Crippen LogP contribution in [-0.2, 0) is 0 Å². The molecule has 1 unspecified atom stereocenters. The third-order valence-electron chi connectivity index (χ3n) is 4.53. The van der Waals surface area contributed by atoms with Crippen LogP contribution in [0, 0.1) is 5.95 Å². The summed E-state index contributed by atoms with van der Waals surface area (Å²) in [6.07, 6.45) is 5.16. The van der Waals surface area contributed by atoms with Gasteiger partial charge in [0.1, 0.15) is 5.65 Å². The molecule has 3 aromatic heterocycles. The normalized spacial score (nSPS) is 15.6. The van der Waals surface area contributed by atoms with E-state index in [-0.39, 0.29) is 6.04 Å². The number of halogens is 1. The van der Waals surface area contributed by atoms with Crippen molar-refractivity contribution in [3.05, 3.63) is 78.1 Å². The monoisotopic (exact) mass is 316 g/mol. The third-order valence-corrected chi connectivity index (χ3v) is 4.53. The van der Waals surface area contributed by atoms with Crippen LogP contribution in [0.3, 0.4) is 0 Å². The number of benzene rings is 1. The maximum absolute atomic E-state index is 14.4. The molecular weight excluding hydrogens is 303 g/mol. The minimum absolute atomic E-state index is 0.334. The number of fused-ring (bicyclic) bond motifs is 2. The Morgan fingerprint density at radius 3 is 2.71 bits per heavy atom.